The maximum Gasteiger partial charge on any atom is 0.264 e. The van der Waals surface area contributed by atoms with Crippen molar-refractivity contribution in [2.45, 2.75) is 0 Å². The van der Waals surface area contributed by atoms with Gasteiger partial charge in [-0.15, -0.1) is 0 Å². The summed E-state index contributed by atoms with van der Waals surface area (Å²) in [4.78, 5) is 17.2. The molecule has 0 radical (unpaired) electrons. The number of methoxy groups -OCH3 is 3. The summed E-state index contributed by atoms with van der Waals surface area (Å²) in [7, 11) is 4.60. The molecule has 1 aliphatic rings. The molecule has 3 rings (SSSR count). The Morgan fingerprint density at radius 2 is 1.68 bits per heavy atom. The van der Waals surface area contributed by atoms with E-state index in [0.29, 0.717) is 43.1 Å². The number of nitrogens with zero attached hydrogens (tertiary/aromatic N) is 1. The molecule has 28 heavy (non-hydrogen) atoms. The molecule has 146 valence electrons. The third-order valence-electron chi connectivity index (χ3n) is 3.77. The van der Waals surface area contributed by atoms with Crippen LogP contribution in [0.4, 0.5) is 5.69 Å². The van der Waals surface area contributed by atoms with E-state index in [1.165, 1.54) is 33.1 Å². The molecule has 0 spiro atoms. The van der Waals surface area contributed by atoms with Gasteiger partial charge in [0, 0.05) is 0 Å². The van der Waals surface area contributed by atoms with Crippen molar-refractivity contribution in [3.05, 3.63) is 50.8 Å². The van der Waals surface area contributed by atoms with Gasteiger partial charge >= 0.3 is 0 Å². The molecule has 0 atom stereocenters. The zero-order valence-corrected chi connectivity index (χ0v) is 17.5. The van der Waals surface area contributed by atoms with Crippen LogP contribution in [0, 0.1) is 0 Å². The van der Waals surface area contributed by atoms with Crippen LogP contribution in [-0.2, 0) is 4.79 Å². The van der Waals surface area contributed by atoms with Crippen LogP contribution >= 0.6 is 35.0 Å². The van der Waals surface area contributed by atoms with Crippen molar-refractivity contribution >= 4 is 57.8 Å². The number of ether oxygens (including phenoxy) is 3. The Hall–Kier alpha value is -2.35. The van der Waals surface area contributed by atoms with E-state index in [1.807, 2.05) is 0 Å². The zero-order chi connectivity index (χ0) is 20.3. The highest BCUT2D eigenvalue weighted by Crippen LogP contribution is 2.39. The van der Waals surface area contributed by atoms with Crippen LogP contribution in [-0.4, -0.2) is 32.4 Å². The maximum absolute atomic E-state index is 12.3. The van der Waals surface area contributed by atoms with E-state index in [2.05, 4.69) is 10.3 Å². The fourth-order valence-corrected chi connectivity index (χ4v) is 3.62. The third kappa shape index (κ3) is 4.38. The summed E-state index contributed by atoms with van der Waals surface area (Å²) in [6.07, 6.45) is 1.72. The fourth-order valence-electron chi connectivity index (χ4n) is 2.49. The van der Waals surface area contributed by atoms with E-state index >= 15 is 0 Å². The number of carbonyl (C=O) groups excluding carboxylic acids is 1. The zero-order valence-electron chi connectivity index (χ0n) is 15.2. The summed E-state index contributed by atoms with van der Waals surface area (Å²) in [5, 5.41) is 4.01. The van der Waals surface area contributed by atoms with Crippen molar-refractivity contribution in [2.24, 2.45) is 4.99 Å². The van der Waals surface area contributed by atoms with Gasteiger partial charge in [-0.05, 0) is 53.7 Å². The first kappa shape index (κ1) is 20.4. The van der Waals surface area contributed by atoms with E-state index in [1.54, 1.807) is 36.4 Å². The Balaban J connectivity index is 1.90. The molecule has 1 amide bonds. The van der Waals surface area contributed by atoms with E-state index in [9.17, 15) is 4.79 Å². The van der Waals surface area contributed by atoms with Crippen molar-refractivity contribution in [3.8, 4) is 17.2 Å². The Kier molecular flexibility index (Phi) is 6.39. The monoisotopic (exact) mass is 438 g/mol. The molecule has 1 aliphatic heterocycles. The summed E-state index contributed by atoms with van der Waals surface area (Å²) in [5.41, 5.74) is 1.31. The Morgan fingerprint density at radius 3 is 2.25 bits per heavy atom. The molecule has 0 aliphatic carbocycles. The number of hydrogen-bond acceptors (Lipinski definition) is 6. The molecule has 2 aromatic rings. The highest BCUT2D eigenvalue weighted by molar-refractivity contribution is 8.18. The number of aliphatic imine (C=N–C) groups is 1. The van der Waals surface area contributed by atoms with Gasteiger partial charge in [-0.3, -0.25) is 4.79 Å². The third-order valence-corrected chi connectivity index (χ3v) is 5.42. The van der Waals surface area contributed by atoms with Crippen LogP contribution in [0.1, 0.15) is 5.56 Å². The smallest absolute Gasteiger partial charge is 0.264 e. The number of halogens is 2. The number of amides is 1. The Bertz CT molecular complexity index is 967. The first-order valence-electron chi connectivity index (χ1n) is 7.99. The van der Waals surface area contributed by atoms with Crippen LogP contribution in [0.5, 0.6) is 17.2 Å². The van der Waals surface area contributed by atoms with Gasteiger partial charge in [-0.2, -0.15) is 0 Å². The lowest BCUT2D eigenvalue weighted by Gasteiger charge is -2.12. The topological polar surface area (TPSA) is 69.2 Å². The molecular weight excluding hydrogens is 423 g/mol. The number of thioether (sulfide) groups is 1. The molecule has 0 bridgehead atoms. The van der Waals surface area contributed by atoms with E-state index in [4.69, 9.17) is 37.4 Å². The van der Waals surface area contributed by atoms with Crippen LogP contribution < -0.4 is 19.5 Å². The van der Waals surface area contributed by atoms with E-state index in [-0.39, 0.29) is 5.91 Å². The summed E-state index contributed by atoms with van der Waals surface area (Å²) in [5.74, 6) is 1.23. The second-order valence-electron chi connectivity index (χ2n) is 5.54. The number of amidine groups is 1. The van der Waals surface area contributed by atoms with Gasteiger partial charge in [0.25, 0.3) is 5.91 Å². The van der Waals surface area contributed by atoms with Crippen molar-refractivity contribution < 1.29 is 19.0 Å². The van der Waals surface area contributed by atoms with Crippen molar-refractivity contribution in [1.29, 1.82) is 0 Å². The average molecular weight is 439 g/mol. The minimum atomic E-state index is -0.252. The van der Waals surface area contributed by atoms with Crippen LogP contribution in [0.15, 0.2) is 40.2 Å². The number of carbonyl (C=O) groups is 1. The maximum atomic E-state index is 12.3. The van der Waals surface area contributed by atoms with Crippen LogP contribution in [0.2, 0.25) is 10.0 Å². The second kappa shape index (κ2) is 8.77. The predicted octanol–water partition coefficient (Wildman–Crippen LogP) is 4.91. The second-order valence-corrected chi connectivity index (χ2v) is 7.38. The first-order chi connectivity index (χ1) is 13.4. The van der Waals surface area contributed by atoms with Gasteiger partial charge in [-0.25, -0.2) is 4.99 Å². The van der Waals surface area contributed by atoms with Gasteiger partial charge in [0.2, 0.25) is 5.75 Å². The first-order valence-corrected chi connectivity index (χ1v) is 9.57. The van der Waals surface area contributed by atoms with E-state index < -0.39 is 0 Å². The highest BCUT2D eigenvalue weighted by atomic mass is 35.5. The number of hydrogen-bond donors (Lipinski definition) is 1. The molecule has 6 nitrogen and oxygen atoms in total. The molecule has 1 N–H and O–H groups in total. The minimum Gasteiger partial charge on any atom is -0.493 e. The lowest BCUT2D eigenvalue weighted by Crippen LogP contribution is -2.19. The molecule has 1 saturated heterocycles. The summed E-state index contributed by atoms with van der Waals surface area (Å²) in [6, 6.07) is 8.52. The molecule has 1 fully saturated rings. The largest absolute Gasteiger partial charge is 0.493 e. The lowest BCUT2D eigenvalue weighted by molar-refractivity contribution is -0.115. The van der Waals surface area contributed by atoms with Gasteiger partial charge in [0.05, 0.1) is 42.0 Å². The minimum absolute atomic E-state index is 0.252. The molecule has 0 unspecified atom stereocenters. The summed E-state index contributed by atoms with van der Waals surface area (Å²) >= 11 is 13.1. The molecule has 0 saturated carbocycles. The Labute approximate surface area is 176 Å². The summed E-state index contributed by atoms with van der Waals surface area (Å²) in [6.45, 7) is 0. The number of nitrogens with one attached hydrogen (secondary N) is 1. The van der Waals surface area contributed by atoms with E-state index in [0.717, 1.165) is 5.56 Å². The number of rotatable bonds is 5. The molecule has 1 heterocycles. The average Bonchev–Trinajstić information content (AvgIpc) is 3.02. The van der Waals surface area contributed by atoms with Crippen molar-refractivity contribution in [2.75, 3.05) is 21.3 Å². The quantitative estimate of drug-likeness (QED) is 0.671. The normalized spacial score (nSPS) is 16.4. The standard InChI is InChI=1S/C19H16Cl2N2O4S/c1-25-14-6-10(7-15(26-2)17(14)27-3)8-16-18(24)23-19(28-16)22-11-4-5-12(20)13(21)9-11/h4-9H,1-3H3,(H,22,23,24). The predicted molar refractivity (Wildman–Crippen MR) is 113 cm³/mol. The molecule has 2 aromatic carbocycles. The number of benzene rings is 2. The lowest BCUT2D eigenvalue weighted by atomic mass is 10.1. The molecule has 9 heteroatoms. The van der Waals surface area contributed by atoms with Crippen molar-refractivity contribution in [3.63, 3.8) is 0 Å². The molecule has 0 aromatic heterocycles. The fraction of sp³-hybridized carbons (Fsp3) is 0.158. The Morgan fingerprint density at radius 1 is 1.00 bits per heavy atom. The van der Waals surface area contributed by atoms with Gasteiger partial charge < -0.3 is 19.5 Å². The highest BCUT2D eigenvalue weighted by Gasteiger charge is 2.24. The van der Waals surface area contributed by atoms with Crippen molar-refractivity contribution in [1.82, 2.24) is 5.32 Å². The van der Waals surface area contributed by atoms with Crippen LogP contribution in [0.25, 0.3) is 6.08 Å². The SMILES string of the molecule is COc1cc(C=C2SC(=Nc3ccc(Cl)c(Cl)c3)NC2=O)cc(OC)c1OC. The van der Waals surface area contributed by atoms with Gasteiger partial charge in [0.15, 0.2) is 16.7 Å². The summed E-state index contributed by atoms with van der Waals surface area (Å²) < 4.78 is 16.0. The molecular formula is C19H16Cl2N2O4S. The van der Waals surface area contributed by atoms with Gasteiger partial charge in [-0.1, -0.05) is 23.2 Å². The van der Waals surface area contributed by atoms with Gasteiger partial charge in [0.1, 0.15) is 0 Å². The van der Waals surface area contributed by atoms with Crippen LogP contribution in [0.3, 0.4) is 0 Å².